The number of carbonyl (C=O) groups is 1. The molecule has 0 saturated carbocycles. The normalized spacial score (nSPS) is 15.9. The molecule has 1 aliphatic heterocycles. The van der Waals surface area contributed by atoms with Crippen LogP contribution in [0, 0.1) is 6.92 Å². The van der Waals surface area contributed by atoms with Gasteiger partial charge in [-0.2, -0.15) is 0 Å². The Bertz CT molecular complexity index is 811. The molecule has 128 valence electrons. The second kappa shape index (κ2) is 7.85. The van der Waals surface area contributed by atoms with Crippen molar-refractivity contribution >= 4 is 40.3 Å². The number of hydrogen-bond acceptors (Lipinski definition) is 4. The highest BCUT2D eigenvalue weighted by atomic mass is 32.2. The van der Waals surface area contributed by atoms with Gasteiger partial charge in [0.25, 0.3) is 5.91 Å². The molecular weight excluding hydrogens is 350 g/mol. The van der Waals surface area contributed by atoms with Crippen molar-refractivity contribution in [1.29, 1.82) is 0 Å². The SMILES string of the molecule is COc1ccc(CCN2C(=O)/C(=C/c3ccc(C)cc3)SC2=S)cc1. The summed E-state index contributed by atoms with van der Waals surface area (Å²) in [5.41, 5.74) is 3.36. The van der Waals surface area contributed by atoms with Gasteiger partial charge < -0.3 is 4.74 Å². The summed E-state index contributed by atoms with van der Waals surface area (Å²) < 4.78 is 5.79. The highest BCUT2D eigenvalue weighted by molar-refractivity contribution is 8.26. The van der Waals surface area contributed by atoms with Crippen molar-refractivity contribution in [3.05, 3.63) is 70.1 Å². The summed E-state index contributed by atoms with van der Waals surface area (Å²) in [5, 5.41) is 0. The predicted molar refractivity (Wildman–Crippen MR) is 108 cm³/mol. The first-order valence-corrected chi connectivity index (χ1v) is 9.24. The maximum absolute atomic E-state index is 12.6. The number of thioether (sulfide) groups is 1. The standard InChI is InChI=1S/C20H19NO2S2/c1-14-3-5-16(6-4-14)13-18-19(22)21(20(24)25-18)12-11-15-7-9-17(23-2)10-8-15/h3-10,13H,11-12H2,1-2H3/b18-13-. The molecule has 5 heteroatoms. The summed E-state index contributed by atoms with van der Waals surface area (Å²) >= 11 is 6.76. The first-order chi connectivity index (χ1) is 12.1. The van der Waals surface area contributed by atoms with Crippen molar-refractivity contribution in [3.63, 3.8) is 0 Å². The average molecular weight is 370 g/mol. The molecule has 25 heavy (non-hydrogen) atoms. The molecule has 0 atom stereocenters. The van der Waals surface area contributed by atoms with Crippen LogP contribution in [0.1, 0.15) is 16.7 Å². The monoisotopic (exact) mass is 369 g/mol. The molecule has 3 nitrogen and oxygen atoms in total. The Morgan fingerprint density at radius 3 is 2.44 bits per heavy atom. The highest BCUT2D eigenvalue weighted by Gasteiger charge is 2.31. The van der Waals surface area contributed by atoms with Crippen LogP contribution in [0.4, 0.5) is 0 Å². The predicted octanol–water partition coefficient (Wildman–Crippen LogP) is 4.45. The third-order valence-electron chi connectivity index (χ3n) is 4.03. The first-order valence-electron chi connectivity index (χ1n) is 8.02. The third-order valence-corrected chi connectivity index (χ3v) is 5.41. The number of aryl methyl sites for hydroxylation is 1. The van der Waals surface area contributed by atoms with Crippen LogP contribution in [0.5, 0.6) is 5.75 Å². The lowest BCUT2D eigenvalue weighted by atomic mass is 10.1. The highest BCUT2D eigenvalue weighted by Crippen LogP contribution is 2.32. The van der Waals surface area contributed by atoms with Crippen LogP contribution in [0.25, 0.3) is 6.08 Å². The van der Waals surface area contributed by atoms with Crippen molar-refractivity contribution in [3.8, 4) is 5.75 Å². The molecule has 2 aromatic carbocycles. The van der Waals surface area contributed by atoms with E-state index < -0.39 is 0 Å². The fourth-order valence-electron chi connectivity index (χ4n) is 2.54. The van der Waals surface area contributed by atoms with Gasteiger partial charge in [0.05, 0.1) is 12.0 Å². The van der Waals surface area contributed by atoms with Crippen LogP contribution in [-0.2, 0) is 11.2 Å². The molecule has 1 amide bonds. The van der Waals surface area contributed by atoms with Crippen LogP contribution in [-0.4, -0.2) is 28.8 Å². The Balaban J connectivity index is 1.67. The van der Waals surface area contributed by atoms with E-state index in [1.807, 2.05) is 61.5 Å². The lowest BCUT2D eigenvalue weighted by molar-refractivity contribution is -0.122. The summed E-state index contributed by atoms with van der Waals surface area (Å²) in [6.45, 7) is 2.63. The number of benzene rings is 2. The van der Waals surface area contributed by atoms with Gasteiger partial charge in [-0.1, -0.05) is 65.9 Å². The van der Waals surface area contributed by atoms with Gasteiger partial charge in [-0.3, -0.25) is 9.69 Å². The number of thiocarbonyl (C=S) groups is 1. The van der Waals surface area contributed by atoms with Gasteiger partial charge in [-0.05, 0) is 42.7 Å². The number of nitrogens with zero attached hydrogens (tertiary/aromatic N) is 1. The summed E-state index contributed by atoms with van der Waals surface area (Å²) in [7, 11) is 1.65. The number of ether oxygens (including phenoxy) is 1. The van der Waals surface area contributed by atoms with Gasteiger partial charge in [0, 0.05) is 6.54 Å². The van der Waals surface area contributed by atoms with E-state index in [2.05, 4.69) is 0 Å². The molecule has 1 aliphatic rings. The van der Waals surface area contributed by atoms with E-state index in [9.17, 15) is 4.79 Å². The summed E-state index contributed by atoms with van der Waals surface area (Å²) in [6, 6.07) is 16.0. The first kappa shape index (κ1) is 17.7. The fourth-order valence-corrected chi connectivity index (χ4v) is 3.85. The molecule has 0 aromatic heterocycles. The van der Waals surface area contributed by atoms with E-state index in [0.29, 0.717) is 15.8 Å². The van der Waals surface area contributed by atoms with Gasteiger partial charge in [0.1, 0.15) is 10.1 Å². The van der Waals surface area contributed by atoms with Crippen LogP contribution < -0.4 is 4.74 Å². The van der Waals surface area contributed by atoms with Gasteiger partial charge in [0.2, 0.25) is 0 Å². The van der Waals surface area contributed by atoms with Crippen LogP contribution in [0.3, 0.4) is 0 Å². The van der Waals surface area contributed by atoms with E-state index in [1.165, 1.54) is 17.3 Å². The van der Waals surface area contributed by atoms with Crippen molar-refractivity contribution in [2.75, 3.05) is 13.7 Å². The minimum atomic E-state index is -0.0101. The number of rotatable bonds is 5. The van der Waals surface area contributed by atoms with E-state index >= 15 is 0 Å². The maximum Gasteiger partial charge on any atom is 0.266 e. The molecule has 0 N–H and O–H groups in total. The zero-order chi connectivity index (χ0) is 17.8. The molecule has 1 heterocycles. The Labute approximate surface area is 157 Å². The molecule has 0 bridgehead atoms. The molecule has 1 fully saturated rings. The van der Waals surface area contributed by atoms with Crippen LogP contribution >= 0.6 is 24.0 Å². The second-order valence-electron chi connectivity index (χ2n) is 5.84. The lowest BCUT2D eigenvalue weighted by Gasteiger charge is -2.14. The Hall–Kier alpha value is -2.11. The van der Waals surface area contributed by atoms with Gasteiger partial charge in [0.15, 0.2) is 0 Å². The minimum absolute atomic E-state index is 0.0101. The Kier molecular flexibility index (Phi) is 5.56. The molecule has 2 aromatic rings. The Morgan fingerprint density at radius 2 is 1.80 bits per heavy atom. The van der Waals surface area contributed by atoms with Crippen molar-refractivity contribution < 1.29 is 9.53 Å². The topological polar surface area (TPSA) is 29.5 Å². The molecular formula is C20H19NO2S2. The van der Waals surface area contributed by atoms with Crippen molar-refractivity contribution in [2.24, 2.45) is 0 Å². The van der Waals surface area contributed by atoms with Crippen molar-refractivity contribution in [2.45, 2.75) is 13.3 Å². The molecule has 0 radical (unpaired) electrons. The largest absolute Gasteiger partial charge is 0.497 e. The second-order valence-corrected chi connectivity index (χ2v) is 7.52. The van der Waals surface area contributed by atoms with Gasteiger partial charge >= 0.3 is 0 Å². The minimum Gasteiger partial charge on any atom is -0.497 e. The van der Waals surface area contributed by atoms with Crippen molar-refractivity contribution in [1.82, 2.24) is 4.90 Å². The maximum atomic E-state index is 12.6. The molecule has 0 spiro atoms. The molecule has 1 saturated heterocycles. The zero-order valence-electron chi connectivity index (χ0n) is 14.2. The van der Waals surface area contributed by atoms with Gasteiger partial charge in [-0.25, -0.2) is 0 Å². The van der Waals surface area contributed by atoms with E-state index in [4.69, 9.17) is 17.0 Å². The number of carbonyl (C=O) groups excluding carboxylic acids is 1. The number of methoxy groups -OCH3 is 1. The van der Waals surface area contributed by atoms with E-state index in [0.717, 1.165) is 23.3 Å². The fraction of sp³-hybridized carbons (Fsp3) is 0.200. The molecule has 0 aliphatic carbocycles. The summed E-state index contributed by atoms with van der Waals surface area (Å²) in [4.78, 5) is 15.0. The quantitative estimate of drug-likeness (QED) is 0.575. The molecule has 0 unspecified atom stereocenters. The van der Waals surface area contributed by atoms with Crippen LogP contribution in [0.2, 0.25) is 0 Å². The summed E-state index contributed by atoms with van der Waals surface area (Å²) in [6.07, 6.45) is 2.67. The average Bonchev–Trinajstić information content (AvgIpc) is 2.89. The molecule has 3 rings (SSSR count). The van der Waals surface area contributed by atoms with Gasteiger partial charge in [-0.15, -0.1) is 0 Å². The lowest BCUT2D eigenvalue weighted by Crippen LogP contribution is -2.30. The van der Waals surface area contributed by atoms with E-state index in [-0.39, 0.29) is 5.91 Å². The Morgan fingerprint density at radius 1 is 1.12 bits per heavy atom. The van der Waals surface area contributed by atoms with Crippen LogP contribution in [0.15, 0.2) is 53.4 Å². The smallest absolute Gasteiger partial charge is 0.266 e. The third kappa shape index (κ3) is 4.30. The zero-order valence-corrected chi connectivity index (χ0v) is 15.8. The van der Waals surface area contributed by atoms with E-state index in [1.54, 1.807) is 12.0 Å². The number of hydrogen-bond donors (Lipinski definition) is 0. The number of amides is 1. The summed E-state index contributed by atoms with van der Waals surface area (Å²) in [5.74, 6) is 0.819.